The maximum absolute atomic E-state index is 12.2. The molecular formula is C17H14N6O3S. The highest BCUT2D eigenvalue weighted by Gasteiger charge is 2.20. The molecule has 0 spiro atoms. The lowest BCUT2D eigenvalue weighted by molar-refractivity contribution is -0.154. The number of nitriles is 1. The number of nitrogens with zero attached hydrogens (tertiary/aromatic N) is 5. The number of rotatable bonds is 6. The average molecular weight is 382 g/mol. The second-order valence-corrected chi connectivity index (χ2v) is 6.35. The number of para-hydroxylation sites is 1. The lowest BCUT2D eigenvalue weighted by Crippen LogP contribution is -2.31. The molecule has 10 heteroatoms. The molecular weight excluding hydrogens is 368 g/mol. The Labute approximate surface area is 158 Å². The Bertz CT molecular complexity index is 992. The molecule has 0 fully saturated rings. The van der Waals surface area contributed by atoms with Gasteiger partial charge in [0, 0.05) is 0 Å². The van der Waals surface area contributed by atoms with E-state index in [4.69, 9.17) is 10.00 Å². The van der Waals surface area contributed by atoms with Crippen LogP contribution >= 0.6 is 11.3 Å². The van der Waals surface area contributed by atoms with Gasteiger partial charge in [0.1, 0.15) is 6.07 Å². The van der Waals surface area contributed by atoms with Gasteiger partial charge in [-0.25, -0.2) is 4.79 Å². The van der Waals surface area contributed by atoms with Gasteiger partial charge >= 0.3 is 5.97 Å². The number of tetrazole rings is 1. The second-order valence-electron chi connectivity index (χ2n) is 5.40. The first-order valence-corrected chi connectivity index (χ1v) is 8.76. The summed E-state index contributed by atoms with van der Waals surface area (Å²) in [6.45, 7) is 1.17. The summed E-state index contributed by atoms with van der Waals surface area (Å²) in [4.78, 5) is 26.1. The fraction of sp³-hybridized carbons (Fsp3) is 0.176. The molecule has 1 atom stereocenters. The first kappa shape index (κ1) is 18.2. The first-order valence-electron chi connectivity index (χ1n) is 7.88. The molecule has 9 nitrogen and oxygen atoms in total. The van der Waals surface area contributed by atoms with E-state index in [9.17, 15) is 9.59 Å². The molecule has 0 unspecified atom stereocenters. The molecule has 3 rings (SSSR count). The van der Waals surface area contributed by atoms with E-state index >= 15 is 0 Å². The van der Waals surface area contributed by atoms with E-state index < -0.39 is 18.0 Å². The lowest BCUT2D eigenvalue weighted by Gasteiger charge is -2.13. The van der Waals surface area contributed by atoms with Gasteiger partial charge in [0.2, 0.25) is 5.82 Å². The Hall–Kier alpha value is -3.58. The molecule has 0 radical (unpaired) electrons. The maximum atomic E-state index is 12.2. The van der Waals surface area contributed by atoms with Crippen molar-refractivity contribution >= 4 is 28.9 Å². The van der Waals surface area contributed by atoms with Crippen LogP contribution in [0.15, 0.2) is 41.8 Å². The summed E-state index contributed by atoms with van der Waals surface area (Å²) in [6.07, 6.45) is -1.05. The van der Waals surface area contributed by atoms with E-state index in [0.29, 0.717) is 17.1 Å². The van der Waals surface area contributed by atoms with E-state index in [-0.39, 0.29) is 6.54 Å². The molecule has 3 aromatic rings. The zero-order valence-corrected chi connectivity index (χ0v) is 15.0. The predicted molar refractivity (Wildman–Crippen MR) is 96.5 cm³/mol. The van der Waals surface area contributed by atoms with Crippen molar-refractivity contribution in [2.24, 2.45) is 0 Å². The zero-order chi connectivity index (χ0) is 19.2. The Morgan fingerprint density at radius 3 is 2.89 bits per heavy atom. The number of benzene rings is 1. The van der Waals surface area contributed by atoms with Crippen molar-refractivity contribution in [1.82, 2.24) is 20.2 Å². The number of hydrogen-bond acceptors (Lipinski definition) is 8. The molecule has 0 saturated carbocycles. The lowest BCUT2D eigenvalue weighted by atomic mass is 10.2. The van der Waals surface area contributed by atoms with Crippen LogP contribution in [-0.2, 0) is 20.9 Å². The predicted octanol–water partition coefficient (Wildman–Crippen LogP) is 1.84. The Balaban J connectivity index is 1.56. The molecule has 0 aliphatic carbocycles. The van der Waals surface area contributed by atoms with Gasteiger partial charge in [0.05, 0.1) is 16.1 Å². The molecule has 1 aromatic carbocycles. The average Bonchev–Trinajstić information content (AvgIpc) is 3.33. The van der Waals surface area contributed by atoms with Crippen molar-refractivity contribution in [1.29, 1.82) is 5.26 Å². The summed E-state index contributed by atoms with van der Waals surface area (Å²) in [5, 5.41) is 25.3. The maximum Gasteiger partial charge on any atom is 0.330 e. The molecule has 1 amide bonds. The molecule has 0 saturated heterocycles. The molecule has 136 valence electrons. The fourth-order valence-corrected chi connectivity index (χ4v) is 2.79. The minimum atomic E-state index is -1.05. The first-order chi connectivity index (χ1) is 13.1. The van der Waals surface area contributed by atoms with Crippen molar-refractivity contribution in [3.63, 3.8) is 0 Å². The second kappa shape index (κ2) is 8.20. The van der Waals surface area contributed by atoms with E-state index in [1.807, 2.05) is 23.6 Å². The van der Waals surface area contributed by atoms with Gasteiger partial charge in [0.25, 0.3) is 5.91 Å². The SMILES string of the molecule is C[C@H](OC(=O)Cn1nnc(-c2cccs2)n1)C(=O)Nc1ccccc1C#N. The summed E-state index contributed by atoms with van der Waals surface area (Å²) in [7, 11) is 0. The highest BCUT2D eigenvalue weighted by atomic mass is 32.1. The van der Waals surface area contributed by atoms with Gasteiger partial charge in [-0.1, -0.05) is 18.2 Å². The zero-order valence-electron chi connectivity index (χ0n) is 14.2. The van der Waals surface area contributed by atoms with Crippen LogP contribution in [-0.4, -0.2) is 38.2 Å². The number of esters is 1. The quantitative estimate of drug-likeness (QED) is 0.645. The molecule has 2 heterocycles. The number of nitrogens with one attached hydrogen (secondary N) is 1. The number of hydrogen-bond donors (Lipinski definition) is 1. The number of amides is 1. The van der Waals surface area contributed by atoms with Crippen LogP contribution in [0.4, 0.5) is 5.69 Å². The summed E-state index contributed by atoms with van der Waals surface area (Å²) < 4.78 is 5.10. The van der Waals surface area contributed by atoms with Gasteiger partial charge in [-0.3, -0.25) is 4.79 Å². The third kappa shape index (κ3) is 4.53. The number of carbonyl (C=O) groups is 2. The van der Waals surface area contributed by atoms with Gasteiger partial charge in [-0.05, 0) is 35.7 Å². The molecule has 0 bridgehead atoms. The van der Waals surface area contributed by atoms with Gasteiger partial charge in [-0.15, -0.1) is 21.5 Å². The highest BCUT2D eigenvalue weighted by molar-refractivity contribution is 7.13. The van der Waals surface area contributed by atoms with Gasteiger partial charge in [-0.2, -0.15) is 10.1 Å². The topological polar surface area (TPSA) is 123 Å². The van der Waals surface area contributed by atoms with Crippen LogP contribution in [0, 0.1) is 11.3 Å². The van der Waals surface area contributed by atoms with Crippen molar-refractivity contribution in [2.45, 2.75) is 19.6 Å². The molecule has 1 N–H and O–H groups in total. The molecule has 0 aliphatic heterocycles. The van der Waals surface area contributed by atoms with Crippen molar-refractivity contribution in [2.75, 3.05) is 5.32 Å². The number of aromatic nitrogens is 4. The van der Waals surface area contributed by atoms with E-state index in [1.54, 1.807) is 24.3 Å². The van der Waals surface area contributed by atoms with Crippen LogP contribution in [0.25, 0.3) is 10.7 Å². The van der Waals surface area contributed by atoms with Crippen LogP contribution in [0.5, 0.6) is 0 Å². The third-order valence-electron chi connectivity index (χ3n) is 3.45. The van der Waals surface area contributed by atoms with E-state index in [0.717, 1.165) is 9.67 Å². The Kier molecular flexibility index (Phi) is 5.53. The number of ether oxygens (including phenoxy) is 1. The number of anilines is 1. The smallest absolute Gasteiger partial charge is 0.330 e. The van der Waals surface area contributed by atoms with Crippen LogP contribution in [0.2, 0.25) is 0 Å². The van der Waals surface area contributed by atoms with Gasteiger partial charge < -0.3 is 10.1 Å². The summed E-state index contributed by atoms with van der Waals surface area (Å²) in [5.74, 6) is -0.810. The standard InChI is InChI=1S/C17H14N6O3S/c1-11(17(25)19-13-6-3-2-5-12(13)9-18)26-15(24)10-23-21-16(20-22-23)14-7-4-8-27-14/h2-8,11H,10H2,1H3,(H,19,25)/t11-/m0/s1. The number of carbonyl (C=O) groups excluding carboxylic acids is 2. The molecule has 2 aromatic heterocycles. The molecule has 27 heavy (non-hydrogen) atoms. The van der Waals surface area contributed by atoms with Crippen LogP contribution in [0.3, 0.4) is 0 Å². The largest absolute Gasteiger partial charge is 0.451 e. The fourth-order valence-electron chi connectivity index (χ4n) is 2.14. The monoisotopic (exact) mass is 382 g/mol. The van der Waals surface area contributed by atoms with Crippen molar-refractivity contribution in [3.8, 4) is 16.8 Å². The summed E-state index contributed by atoms with van der Waals surface area (Å²) in [5.41, 5.74) is 0.670. The third-order valence-corrected chi connectivity index (χ3v) is 4.31. The minimum absolute atomic E-state index is 0.273. The molecule has 0 aliphatic rings. The highest BCUT2D eigenvalue weighted by Crippen LogP contribution is 2.19. The normalized spacial score (nSPS) is 11.4. The van der Waals surface area contributed by atoms with E-state index in [1.165, 1.54) is 18.3 Å². The van der Waals surface area contributed by atoms with Crippen LogP contribution in [0.1, 0.15) is 12.5 Å². The van der Waals surface area contributed by atoms with Crippen molar-refractivity contribution < 1.29 is 14.3 Å². The Morgan fingerprint density at radius 1 is 1.33 bits per heavy atom. The van der Waals surface area contributed by atoms with Crippen LogP contribution < -0.4 is 5.32 Å². The Morgan fingerprint density at radius 2 is 2.15 bits per heavy atom. The van der Waals surface area contributed by atoms with Gasteiger partial charge in [0.15, 0.2) is 12.6 Å². The summed E-state index contributed by atoms with van der Waals surface area (Å²) >= 11 is 1.46. The van der Waals surface area contributed by atoms with Crippen molar-refractivity contribution in [3.05, 3.63) is 47.3 Å². The van der Waals surface area contributed by atoms with E-state index in [2.05, 4.69) is 20.7 Å². The minimum Gasteiger partial charge on any atom is -0.451 e. The summed E-state index contributed by atoms with van der Waals surface area (Å²) in [6, 6.07) is 12.2. The number of thiophene rings is 1.